The van der Waals surface area contributed by atoms with Gasteiger partial charge in [0, 0.05) is 16.3 Å². The van der Waals surface area contributed by atoms with Gasteiger partial charge in [0.2, 0.25) is 5.16 Å². The Morgan fingerprint density at radius 2 is 1.95 bits per heavy atom. The summed E-state index contributed by atoms with van der Waals surface area (Å²) in [5.41, 5.74) is 0.916. The van der Waals surface area contributed by atoms with Crippen LogP contribution in [0.2, 0.25) is 5.02 Å². The quantitative estimate of drug-likeness (QED) is 0.503. The topological polar surface area (TPSA) is 56.7 Å². The first-order valence-electron chi connectivity index (χ1n) is 6.31. The fraction of sp³-hybridized carbons (Fsp3) is 0.385. The first-order valence-corrected chi connectivity index (χ1v) is 7.68. The van der Waals surface area contributed by atoms with E-state index >= 15 is 0 Å². The molecule has 0 aliphatic rings. The molecule has 0 aliphatic heterocycles. The summed E-state index contributed by atoms with van der Waals surface area (Å²) in [7, 11) is 0. The number of halogens is 1. The number of hydrogen-bond acceptors (Lipinski definition) is 4. The van der Waals surface area contributed by atoms with Crippen LogP contribution in [-0.4, -0.2) is 20.6 Å². The average Bonchev–Trinajstić information content (AvgIpc) is 2.77. The van der Waals surface area contributed by atoms with Gasteiger partial charge >= 0.3 is 0 Å². The van der Waals surface area contributed by atoms with E-state index in [0.717, 1.165) is 16.5 Å². The molecular formula is C13H17ClN4S. The molecular weight excluding hydrogens is 280 g/mol. The summed E-state index contributed by atoms with van der Waals surface area (Å²) in [5, 5.41) is 9.72. The largest absolute Gasteiger partial charge is 0.335 e. The van der Waals surface area contributed by atoms with Crippen molar-refractivity contribution in [2.45, 2.75) is 31.3 Å². The number of benzene rings is 1. The summed E-state index contributed by atoms with van der Waals surface area (Å²) in [6.07, 6.45) is 3.62. The highest BCUT2D eigenvalue weighted by atomic mass is 35.5. The predicted octanol–water partition coefficient (Wildman–Crippen LogP) is 3.59. The first kappa shape index (κ1) is 14.2. The number of rotatable bonds is 6. The van der Waals surface area contributed by atoms with Crippen LogP contribution >= 0.6 is 23.4 Å². The summed E-state index contributed by atoms with van der Waals surface area (Å²) in [6, 6.07) is 7.42. The molecule has 0 atom stereocenters. The van der Waals surface area contributed by atoms with E-state index in [9.17, 15) is 0 Å². The highest BCUT2D eigenvalue weighted by molar-refractivity contribution is 7.99. The van der Waals surface area contributed by atoms with Gasteiger partial charge < -0.3 is 5.84 Å². The zero-order valence-corrected chi connectivity index (χ0v) is 12.4. The Kier molecular flexibility index (Phi) is 5.10. The third-order valence-electron chi connectivity index (χ3n) is 2.75. The van der Waals surface area contributed by atoms with Gasteiger partial charge in [-0.15, -0.1) is 10.2 Å². The van der Waals surface area contributed by atoms with Crippen LogP contribution in [0, 0.1) is 0 Å². The van der Waals surface area contributed by atoms with Crippen LogP contribution in [0.4, 0.5) is 0 Å². The molecule has 0 amide bonds. The lowest BCUT2D eigenvalue weighted by molar-refractivity contribution is 0.774. The van der Waals surface area contributed by atoms with Crippen molar-refractivity contribution in [1.29, 1.82) is 0 Å². The minimum absolute atomic E-state index is 0.662. The molecule has 0 saturated heterocycles. The van der Waals surface area contributed by atoms with Crippen molar-refractivity contribution < 1.29 is 0 Å². The van der Waals surface area contributed by atoms with E-state index in [2.05, 4.69) is 17.1 Å². The van der Waals surface area contributed by atoms with Gasteiger partial charge in [-0.1, -0.05) is 43.1 Å². The number of aromatic nitrogens is 3. The van der Waals surface area contributed by atoms with Crippen molar-refractivity contribution in [3.8, 4) is 11.4 Å². The van der Waals surface area contributed by atoms with Crippen molar-refractivity contribution in [3.05, 3.63) is 29.3 Å². The van der Waals surface area contributed by atoms with Gasteiger partial charge in [0.05, 0.1) is 0 Å². The second kappa shape index (κ2) is 6.82. The minimum Gasteiger partial charge on any atom is -0.335 e. The van der Waals surface area contributed by atoms with Gasteiger partial charge in [-0.05, 0) is 30.7 Å². The molecule has 102 valence electrons. The van der Waals surface area contributed by atoms with Crippen molar-refractivity contribution >= 4 is 23.4 Å². The molecule has 0 unspecified atom stereocenters. The maximum absolute atomic E-state index is 6.03. The first-order chi connectivity index (χ1) is 9.22. The Balaban J connectivity index is 2.07. The summed E-state index contributed by atoms with van der Waals surface area (Å²) in [5.74, 6) is 7.71. The molecule has 4 nitrogen and oxygen atoms in total. The van der Waals surface area contributed by atoms with E-state index in [1.807, 2.05) is 24.3 Å². The highest BCUT2D eigenvalue weighted by Crippen LogP contribution is 2.23. The van der Waals surface area contributed by atoms with Gasteiger partial charge in [-0.25, -0.2) is 4.68 Å². The monoisotopic (exact) mass is 296 g/mol. The maximum Gasteiger partial charge on any atom is 0.210 e. The molecule has 1 aromatic heterocycles. The number of nitrogens with zero attached hydrogens (tertiary/aromatic N) is 3. The molecule has 1 heterocycles. The van der Waals surface area contributed by atoms with Gasteiger partial charge in [-0.2, -0.15) is 0 Å². The van der Waals surface area contributed by atoms with Crippen LogP contribution in [0.15, 0.2) is 29.4 Å². The third-order valence-corrected chi connectivity index (χ3v) is 4.03. The zero-order chi connectivity index (χ0) is 13.7. The van der Waals surface area contributed by atoms with E-state index in [1.54, 1.807) is 16.4 Å². The van der Waals surface area contributed by atoms with Crippen LogP contribution in [-0.2, 0) is 0 Å². The van der Waals surface area contributed by atoms with Gasteiger partial charge in [-0.3, -0.25) is 0 Å². The lowest BCUT2D eigenvalue weighted by Gasteiger charge is -2.03. The van der Waals surface area contributed by atoms with Crippen molar-refractivity contribution in [3.63, 3.8) is 0 Å². The molecule has 2 rings (SSSR count). The fourth-order valence-corrected chi connectivity index (χ4v) is 2.67. The molecule has 2 aromatic rings. The summed E-state index contributed by atoms with van der Waals surface area (Å²) >= 11 is 7.51. The second-order valence-corrected chi connectivity index (χ2v) is 5.74. The molecule has 19 heavy (non-hydrogen) atoms. The molecule has 6 heteroatoms. The van der Waals surface area contributed by atoms with E-state index in [0.29, 0.717) is 10.8 Å². The minimum atomic E-state index is 0.662. The SMILES string of the molecule is CCCCCSc1nnc(-c2ccc(Cl)cc2)n1N. The highest BCUT2D eigenvalue weighted by Gasteiger charge is 2.11. The van der Waals surface area contributed by atoms with Crippen LogP contribution in [0.1, 0.15) is 26.2 Å². The van der Waals surface area contributed by atoms with Crippen LogP contribution in [0.3, 0.4) is 0 Å². The van der Waals surface area contributed by atoms with E-state index < -0.39 is 0 Å². The Bertz CT molecular complexity index is 524. The van der Waals surface area contributed by atoms with Crippen LogP contribution < -0.4 is 5.84 Å². The maximum atomic E-state index is 6.03. The third kappa shape index (κ3) is 3.64. The van der Waals surface area contributed by atoms with E-state index in [1.165, 1.54) is 19.3 Å². The molecule has 0 fully saturated rings. The molecule has 2 N–H and O–H groups in total. The van der Waals surface area contributed by atoms with Crippen molar-refractivity contribution in [2.24, 2.45) is 0 Å². The molecule has 0 spiro atoms. The Labute approximate surface area is 122 Å². The Morgan fingerprint density at radius 1 is 1.21 bits per heavy atom. The molecule has 1 aromatic carbocycles. The van der Waals surface area contributed by atoms with Gasteiger partial charge in [0.15, 0.2) is 5.82 Å². The lowest BCUT2D eigenvalue weighted by atomic mass is 10.2. The smallest absolute Gasteiger partial charge is 0.210 e. The normalized spacial score (nSPS) is 10.8. The molecule has 0 aliphatic carbocycles. The zero-order valence-electron chi connectivity index (χ0n) is 10.8. The number of thioether (sulfide) groups is 1. The van der Waals surface area contributed by atoms with E-state index in [4.69, 9.17) is 17.4 Å². The summed E-state index contributed by atoms with van der Waals surface area (Å²) in [4.78, 5) is 0. The van der Waals surface area contributed by atoms with Crippen molar-refractivity contribution in [1.82, 2.24) is 14.9 Å². The number of nitrogen functional groups attached to an aromatic ring is 1. The molecule has 0 saturated carbocycles. The summed E-state index contributed by atoms with van der Waals surface area (Å²) in [6.45, 7) is 2.19. The van der Waals surface area contributed by atoms with E-state index in [-0.39, 0.29) is 0 Å². The lowest BCUT2D eigenvalue weighted by Crippen LogP contribution is -2.11. The van der Waals surface area contributed by atoms with Crippen molar-refractivity contribution in [2.75, 3.05) is 11.6 Å². The molecule has 0 radical (unpaired) electrons. The number of hydrogen-bond donors (Lipinski definition) is 1. The summed E-state index contributed by atoms with van der Waals surface area (Å²) < 4.78 is 1.54. The predicted molar refractivity (Wildman–Crippen MR) is 80.9 cm³/mol. The number of unbranched alkanes of at least 4 members (excludes halogenated alkanes) is 2. The average molecular weight is 297 g/mol. The van der Waals surface area contributed by atoms with Gasteiger partial charge in [0.1, 0.15) is 0 Å². The number of nitrogens with two attached hydrogens (primary N) is 1. The van der Waals surface area contributed by atoms with Gasteiger partial charge in [0.25, 0.3) is 0 Å². The van der Waals surface area contributed by atoms with Crippen LogP contribution in [0.25, 0.3) is 11.4 Å². The van der Waals surface area contributed by atoms with Crippen LogP contribution in [0.5, 0.6) is 0 Å². The fourth-order valence-electron chi connectivity index (χ4n) is 1.69. The standard InChI is InChI=1S/C13H17ClN4S/c1-2-3-4-9-19-13-17-16-12(18(13)15)10-5-7-11(14)8-6-10/h5-8H,2-4,9,15H2,1H3. The Hall–Kier alpha value is -1.20. The second-order valence-electron chi connectivity index (χ2n) is 4.24. The Morgan fingerprint density at radius 3 is 2.63 bits per heavy atom. The molecule has 0 bridgehead atoms.